The molecule has 7 nitrogen and oxygen atoms in total. The third kappa shape index (κ3) is 5.04. The van der Waals surface area contributed by atoms with Crippen molar-refractivity contribution >= 4 is 41.5 Å². The van der Waals surface area contributed by atoms with Crippen LogP contribution in [0.15, 0.2) is 30.6 Å². The fraction of sp³-hybridized carbons (Fsp3) is 0.421. The fourth-order valence-electron chi connectivity index (χ4n) is 3.28. The van der Waals surface area contributed by atoms with E-state index in [2.05, 4.69) is 21.0 Å². The number of rotatable bonds is 6. The number of halogens is 2. The zero-order valence-corrected chi connectivity index (χ0v) is 17.4. The lowest BCUT2D eigenvalue weighted by Gasteiger charge is -2.17. The number of amides is 2. The van der Waals surface area contributed by atoms with Crippen molar-refractivity contribution in [2.45, 2.75) is 19.3 Å². The molecule has 3 N–H and O–H groups in total. The van der Waals surface area contributed by atoms with Gasteiger partial charge in [0.15, 0.2) is 0 Å². The third-order valence-electron chi connectivity index (χ3n) is 4.72. The number of hydrogen-bond acceptors (Lipinski definition) is 4. The van der Waals surface area contributed by atoms with Gasteiger partial charge in [-0.15, -0.1) is 12.4 Å². The third-order valence-corrected chi connectivity index (χ3v) is 5.03. The Hall–Kier alpha value is -2.09. The van der Waals surface area contributed by atoms with Crippen molar-refractivity contribution in [3.63, 3.8) is 0 Å². The molecule has 152 valence electrons. The molecule has 1 aromatic heterocycles. The molecular formula is C19H25Cl2N5O2. The normalized spacial score (nSPS) is 18.4. The molecule has 28 heavy (non-hydrogen) atoms. The minimum absolute atomic E-state index is 0. The van der Waals surface area contributed by atoms with E-state index >= 15 is 0 Å². The highest BCUT2D eigenvalue weighted by atomic mass is 35.5. The van der Waals surface area contributed by atoms with Gasteiger partial charge >= 0.3 is 0 Å². The van der Waals surface area contributed by atoms with Crippen LogP contribution in [0.25, 0.3) is 0 Å². The number of nitrogens with zero attached hydrogens (tertiary/aromatic N) is 2. The maximum absolute atomic E-state index is 12.8. The van der Waals surface area contributed by atoms with Crippen molar-refractivity contribution in [2.24, 2.45) is 13.0 Å². The lowest BCUT2D eigenvalue weighted by Crippen LogP contribution is -2.28. The van der Waals surface area contributed by atoms with E-state index in [0.717, 1.165) is 18.5 Å². The fourth-order valence-corrected chi connectivity index (χ4v) is 3.55. The molecule has 0 spiro atoms. The Morgan fingerprint density at radius 2 is 2.14 bits per heavy atom. The van der Waals surface area contributed by atoms with Gasteiger partial charge in [0.05, 0.1) is 22.7 Å². The van der Waals surface area contributed by atoms with Gasteiger partial charge in [-0.3, -0.25) is 14.3 Å². The summed E-state index contributed by atoms with van der Waals surface area (Å²) in [5.41, 5.74) is 2.02. The predicted octanol–water partition coefficient (Wildman–Crippen LogP) is 2.58. The van der Waals surface area contributed by atoms with Crippen LogP contribution < -0.4 is 16.0 Å². The van der Waals surface area contributed by atoms with E-state index in [1.807, 2.05) is 20.2 Å². The minimum Gasteiger partial charge on any atom is -0.352 e. The number of hydrogen-bond donors (Lipinski definition) is 3. The molecule has 2 amide bonds. The quantitative estimate of drug-likeness (QED) is 0.663. The smallest absolute Gasteiger partial charge is 0.252 e. The highest BCUT2D eigenvalue weighted by molar-refractivity contribution is 6.34. The molecule has 2 heterocycles. The van der Waals surface area contributed by atoms with Crippen LogP contribution in [0.2, 0.25) is 5.02 Å². The second-order valence-corrected chi connectivity index (χ2v) is 7.17. The molecule has 1 aromatic carbocycles. The topological polar surface area (TPSA) is 88.1 Å². The summed E-state index contributed by atoms with van der Waals surface area (Å²) in [4.78, 5) is 24.8. The maximum atomic E-state index is 12.8. The summed E-state index contributed by atoms with van der Waals surface area (Å²) < 4.78 is 1.74. The van der Waals surface area contributed by atoms with Crippen LogP contribution in [0.3, 0.4) is 0 Å². The number of anilines is 1. The molecule has 1 fully saturated rings. The Labute approximate surface area is 175 Å². The maximum Gasteiger partial charge on any atom is 0.252 e. The van der Waals surface area contributed by atoms with Crippen molar-refractivity contribution < 1.29 is 9.59 Å². The molecule has 0 aliphatic carbocycles. The first-order valence-corrected chi connectivity index (χ1v) is 9.45. The van der Waals surface area contributed by atoms with E-state index in [0.29, 0.717) is 29.4 Å². The van der Waals surface area contributed by atoms with Crippen LogP contribution in [0.5, 0.6) is 0 Å². The molecule has 0 saturated carbocycles. The summed E-state index contributed by atoms with van der Waals surface area (Å²) >= 11 is 6.24. The Bertz CT molecular complexity index is 839. The van der Waals surface area contributed by atoms with E-state index in [1.165, 1.54) is 0 Å². The average Bonchev–Trinajstić information content (AvgIpc) is 3.28. The lowest BCUT2D eigenvalue weighted by atomic mass is 9.90. The summed E-state index contributed by atoms with van der Waals surface area (Å²) in [5.74, 6) is -0.404. The number of carbonyl (C=O) groups is 2. The van der Waals surface area contributed by atoms with E-state index in [9.17, 15) is 9.59 Å². The number of nitrogens with one attached hydrogen (secondary N) is 3. The van der Waals surface area contributed by atoms with Gasteiger partial charge in [-0.2, -0.15) is 5.10 Å². The monoisotopic (exact) mass is 425 g/mol. The van der Waals surface area contributed by atoms with Crippen LogP contribution in [0.4, 0.5) is 5.69 Å². The molecule has 2 atom stereocenters. The van der Waals surface area contributed by atoms with Crippen molar-refractivity contribution in [1.29, 1.82) is 0 Å². The van der Waals surface area contributed by atoms with E-state index in [-0.39, 0.29) is 36.1 Å². The molecule has 0 radical (unpaired) electrons. The summed E-state index contributed by atoms with van der Waals surface area (Å²) in [6.07, 6.45) is 4.60. The number of aromatic nitrogens is 2. The molecule has 0 unspecified atom stereocenters. The number of carbonyl (C=O) groups excluding carboxylic acids is 2. The summed E-state index contributed by atoms with van der Waals surface area (Å²) in [6.45, 7) is 3.92. The molecular weight excluding hydrogens is 401 g/mol. The molecule has 0 bridgehead atoms. The summed E-state index contributed by atoms with van der Waals surface area (Å²) in [7, 11) is 1.86. The van der Waals surface area contributed by atoms with Crippen LogP contribution in [0.1, 0.15) is 35.2 Å². The SMILES string of the molecule is CCCNC(=O)c1ccc(NC(=O)[C@H]2CNC[C@@H]2c2cnn(C)c2)cc1Cl.Cl. The highest BCUT2D eigenvalue weighted by Gasteiger charge is 2.34. The van der Waals surface area contributed by atoms with Gasteiger partial charge in [-0.25, -0.2) is 0 Å². The first-order valence-electron chi connectivity index (χ1n) is 9.07. The van der Waals surface area contributed by atoms with E-state index < -0.39 is 0 Å². The van der Waals surface area contributed by atoms with Gasteiger partial charge in [0.25, 0.3) is 5.91 Å². The zero-order valence-electron chi connectivity index (χ0n) is 15.9. The van der Waals surface area contributed by atoms with Crippen molar-refractivity contribution in [1.82, 2.24) is 20.4 Å². The van der Waals surface area contributed by atoms with Crippen LogP contribution >= 0.6 is 24.0 Å². The van der Waals surface area contributed by atoms with Gasteiger partial charge in [0.2, 0.25) is 5.91 Å². The number of benzene rings is 1. The largest absolute Gasteiger partial charge is 0.352 e. The van der Waals surface area contributed by atoms with Gasteiger partial charge in [0.1, 0.15) is 0 Å². The molecule has 3 rings (SSSR count). The zero-order chi connectivity index (χ0) is 19.4. The lowest BCUT2D eigenvalue weighted by molar-refractivity contribution is -0.119. The second kappa shape index (κ2) is 9.91. The predicted molar refractivity (Wildman–Crippen MR) is 112 cm³/mol. The highest BCUT2D eigenvalue weighted by Crippen LogP contribution is 2.29. The van der Waals surface area contributed by atoms with E-state index in [1.54, 1.807) is 29.1 Å². The standard InChI is InChI=1S/C19H24ClN5O2.ClH/c1-3-6-22-18(26)14-5-4-13(7-17(14)20)24-19(27)16-10-21-9-15(16)12-8-23-25(2)11-12;/h4-5,7-8,11,15-16,21H,3,6,9-10H2,1-2H3,(H,22,26)(H,24,27);1H/t15-,16+;/m1./s1. The summed E-state index contributed by atoms with van der Waals surface area (Å²) in [5, 5.41) is 13.5. The Morgan fingerprint density at radius 3 is 2.79 bits per heavy atom. The summed E-state index contributed by atoms with van der Waals surface area (Å²) in [6, 6.07) is 4.95. The van der Waals surface area contributed by atoms with Gasteiger partial charge in [-0.05, 0) is 30.2 Å². The van der Waals surface area contributed by atoms with E-state index in [4.69, 9.17) is 11.6 Å². The first kappa shape index (κ1) is 22.2. The van der Waals surface area contributed by atoms with Crippen molar-refractivity contribution in [3.8, 4) is 0 Å². The van der Waals surface area contributed by atoms with Crippen LogP contribution in [-0.4, -0.2) is 41.2 Å². The van der Waals surface area contributed by atoms with Crippen molar-refractivity contribution in [2.75, 3.05) is 25.0 Å². The molecule has 9 heteroatoms. The first-order chi connectivity index (χ1) is 13.0. The van der Waals surface area contributed by atoms with Crippen LogP contribution in [-0.2, 0) is 11.8 Å². The van der Waals surface area contributed by atoms with Crippen LogP contribution in [0, 0.1) is 5.92 Å². The molecule has 1 saturated heterocycles. The van der Waals surface area contributed by atoms with Gasteiger partial charge in [0, 0.05) is 44.5 Å². The average molecular weight is 426 g/mol. The van der Waals surface area contributed by atoms with Gasteiger partial charge < -0.3 is 16.0 Å². The Balaban J connectivity index is 0.00000280. The van der Waals surface area contributed by atoms with Crippen molar-refractivity contribution in [3.05, 3.63) is 46.7 Å². The molecule has 2 aromatic rings. The van der Waals surface area contributed by atoms with Gasteiger partial charge in [-0.1, -0.05) is 18.5 Å². The Kier molecular flexibility index (Phi) is 7.86. The minimum atomic E-state index is -0.212. The number of aryl methyl sites for hydroxylation is 1. The second-order valence-electron chi connectivity index (χ2n) is 6.76. The molecule has 1 aliphatic heterocycles. The Morgan fingerprint density at radius 1 is 1.36 bits per heavy atom. The molecule has 1 aliphatic rings.